The summed E-state index contributed by atoms with van der Waals surface area (Å²) in [5.41, 5.74) is 12.0. The van der Waals surface area contributed by atoms with E-state index in [9.17, 15) is 10.1 Å². The van der Waals surface area contributed by atoms with Gasteiger partial charge in [0.05, 0.1) is 29.2 Å². The van der Waals surface area contributed by atoms with Gasteiger partial charge < -0.3 is 20.9 Å². The fraction of sp³-hybridized carbons (Fsp3) is 0.105. The monoisotopic (exact) mass is 490 g/mol. The number of azo groups is 2. The fourth-order valence-corrected chi connectivity index (χ4v) is 3.11. The predicted molar refractivity (Wildman–Crippen MR) is 124 cm³/mol. The minimum atomic E-state index is -0.617. The van der Waals surface area contributed by atoms with Gasteiger partial charge in [-0.05, 0) is 12.1 Å². The maximum atomic E-state index is 10.9. The van der Waals surface area contributed by atoms with Gasteiger partial charge in [-0.15, -0.1) is 20.5 Å². The lowest BCUT2D eigenvalue weighted by molar-refractivity contribution is -0.384. The van der Waals surface area contributed by atoms with Crippen LogP contribution in [0.1, 0.15) is 0 Å². The molecule has 2 aromatic carbocycles. The van der Waals surface area contributed by atoms with Crippen molar-refractivity contribution in [1.29, 1.82) is 0 Å². The van der Waals surface area contributed by atoms with E-state index in [1.54, 1.807) is 12.1 Å². The molecule has 0 saturated heterocycles. The molecule has 0 radical (unpaired) electrons. The zero-order valence-corrected chi connectivity index (χ0v) is 18.7. The van der Waals surface area contributed by atoms with Crippen molar-refractivity contribution < 1.29 is 14.4 Å². The van der Waals surface area contributed by atoms with Crippen molar-refractivity contribution in [2.75, 3.05) is 25.7 Å². The van der Waals surface area contributed by atoms with Gasteiger partial charge in [0.2, 0.25) is 0 Å². The Morgan fingerprint density at radius 2 is 1.39 bits per heavy atom. The van der Waals surface area contributed by atoms with Crippen molar-refractivity contribution in [2.45, 2.75) is 0 Å². The summed E-state index contributed by atoms with van der Waals surface area (Å²) in [5.74, 6) is 0.961. The van der Waals surface area contributed by atoms with Crippen LogP contribution in [-0.4, -0.2) is 24.1 Å². The van der Waals surface area contributed by atoms with Gasteiger partial charge >= 0.3 is 0 Å². The fourth-order valence-electron chi connectivity index (χ4n) is 2.55. The van der Waals surface area contributed by atoms with Gasteiger partial charge in [0.1, 0.15) is 40.1 Å². The highest BCUT2D eigenvalue weighted by Crippen LogP contribution is 2.43. The smallest absolute Gasteiger partial charge is 0.272 e. The first kappa shape index (κ1) is 23.6. The number of aromatic nitrogens is 1. The minimum absolute atomic E-state index is 0.0380. The average Bonchev–Trinajstić information content (AvgIpc) is 2.77. The third kappa shape index (κ3) is 5.42. The maximum absolute atomic E-state index is 10.9. The summed E-state index contributed by atoms with van der Waals surface area (Å²) >= 11 is 12.2. The second-order valence-corrected chi connectivity index (χ2v) is 7.07. The molecule has 0 atom stereocenters. The number of methoxy groups -OCH3 is 2. The van der Waals surface area contributed by atoms with Crippen LogP contribution in [0, 0.1) is 10.1 Å². The maximum Gasteiger partial charge on any atom is 0.272 e. The molecule has 33 heavy (non-hydrogen) atoms. The Kier molecular flexibility index (Phi) is 7.20. The van der Waals surface area contributed by atoms with E-state index >= 15 is 0 Å². The lowest BCUT2D eigenvalue weighted by atomic mass is 10.2. The van der Waals surface area contributed by atoms with Crippen LogP contribution < -0.4 is 20.9 Å². The molecule has 0 aliphatic heterocycles. The molecule has 0 bridgehead atoms. The number of nitrogens with zero attached hydrogens (tertiary/aromatic N) is 6. The van der Waals surface area contributed by atoms with Crippen molar-refractivity contribution in [3.05, 3.63) is 56.6 Å². The molecule has 0 saturated carbocycles. The van der Waals surface area contributed by atoms with Gasteiger partial charge in [-0.1, -0.05) is 23.2 Å². The molecule has 0 fully saturated rings. The molecule has 1 heterocycles. The highest BCUT2D eigenvalue weighted by molar-refractivity contribution is 6.39. The SMILES string of the molecule is COc1cc(N=Nc2c(Cl)cc([N+](=O)[O-])cc2Cl)c(OC)cc1N=Nc1ccc(N)nc1N. The van der Waals surface area contributed by atoms with Crippen molar-refractivity contribution in [3.63, 3.8) is 0 Å². The van der Waals surface area contributed by atoms with Crippen LogP contribution in [0.15, 0.2) is 56.9 Å². The molecule has 170 valence electrons. The quantitative estimate of drug-likeness (QED) is 0.221. The molecule has 4 N–H and O–H groups in total. The van der Waals surface area contributed by atoms with Gasteiger partial charge in [0, 0.05) is 24.3 Å². The summed E-state index contributed by atoms with van der Waals surface area (Å²) in [6.45, 7) is 0. The first-order chi connectivity index (χ1) is 15.7. The molecule has 3 rings (SSSR count). The van der Waals surface area contributed by atoms with Crippen molar-refractivity contribution >= 4 is 63.3 Å². The van der Waals surface area contributed by atoms with Crippen LogP contribution in [0.2, 0.25) is 10.0 Å². The molecular formula is C19H16Cl2N8O4. The summed E-state index contributed by atoms with van der Waals surface area (Å²) in [5, 5.41) is 27.2. The highest BCUT2D eigenvalue weighted by atomic mass is 35.5. The number of non-ortho nitro benzene ring substituents is 1. The van der Waals surface area contributed by atoms with Crippen LogP contribution >= 0.6 is 23.2 Å². The molecule has 3 aromatic rings. The molecule has 1 aromatic heterocycles. The Bertz CT molecular complexity index is 1260. The first-order valence-electron chi connectivity index (χ1n) is 8.98. The molecule has 0 aliphatic carbocycles. The van der Waals surface area contributed by atoms with E-state index in [1.165, 1.54) is 26.4 Å². The number of hydrogen-bond acceptors (Lipinski definition) is 11. The molecular weight excluding hydrogens is 475 g/mol. The summed E-state index contributed by atoms with van der Waals surface area (Å²) in [4.78, 5) is 14.2. The Balaban J connectivity index is 1.98. The van der Waals surface area contributed by atoms with E-state index in [2.05, 4.69) is 25.4 Å². The molecule has 12 nitrogen and oxygen atoms in total. The normalized spacial score (nSPS) is 11.3. The van der Waals surface area contributed by atoms with E-state index in [4.69, 9.17) is 44.1 Å². The summed E-state index contributed by atoms with van der Waals surface area (Å²) in [7, 11) is 2.86. The van der Waals surface area contributed by atoms with E-state index in [0.717, 1.165) is 12.1 Å². The van der Waals surface area contributed by atoms with E-state index in [0.29, 0.717) is 17.1 Å². The summed E-state index contributed by atoms with van der Waals surface area (Å²) in [6, 6.07) is 8.40. The third-order valence-electron chi connectivity index (χ3n) is 4.14. The van der Waals surface area contributed by atoms with Crippen LogP contribution in [0.5, 0.6) is 11.5 Å². The molecule has 0 spiro atoms. The van der Waals surface area contributed by atoms with Crippen LogP contribution in [0.4, 0.5) is 40.1 Å². The number of ether oxygens (including phenoxy) is 2. The molecule has 0 aliphatic rings. The van der Waals surface area contributed by atoms with Crippen LogP contribution in [-0.2, 0) is 0 Å². The number of anilines is 2. The van der Waals surface area contributed by atoms with Crippen LogP contribution in [0.3, 0.4) is 0 Å². The zero-order valence-electron chi connectivity index (χ0n) is 17.2. The van der Waals surface area contributed by atoms with Gasteiger partial charge in [0.15, 0.2) is 5.82 Å². The lowest BCUT2D eigenvalue weighted by Crippen LogP contribution is -1.95. The van der Waals surface area contributed by atoms with Crippen molar-refractivity contribution in [1.82, 2.24) is 4.98 Å². The van der Waals surface area contributed by atoms with Gasteiger partial charge in [-0.25, -0.2) is 4.98 Å². The number of nitrogens with two attached hydrogens (primary N) is 2. The van der Waals surface area contributed by atoms with E-state index in [-0.39, 0.29) is 44.5 Å². The number of benzene rings is 2. The second-order valence-electron chi connectivity index (χ2n) is 6.25. The van der Waals surface area contributed by atoms with Crippen molar-refractivity contribution in [3.8, 4) is 11.5 Å². The van der Waals surface area contributed by atoms with E-state index < -0.39 is 4.92 Å². The molecule has 0 unspecified atom stereocenters. The second kappa shape index (κ2) is 10.1. The zero-order chi connectivity index (χ0) is 24.1. The summed E-state index contributed by atoms with van der Waals surface area (Å²) < 4.78 is 10.7. The Hall–Kier alpha value is -4.03. The predicted octanol–water partition coefficient (Wildman–Crippen LogP) is 6.31. The van der Waals surface area contributed by atoms with Gasteiger partial charge in [-0.2, -0.15) is 0 Å². The van der Waals surface area contributed by atoms with Gasteiger partial charge in [0.25, 0.3) is 5.69 Å². The van der Waals surface area contributed by atoms with Crippen LogP contribution in [0.25, 0.3) is 0 Å². The van der Waals surface area contributed by atoms with Crippen molar-refractivity contribution in [2.24, 2.45) is 20.5 Å². The Labute approximate surface area is 197 Å². The summed E-state index contributed by atoms with van der Waals surface area (Å²) in [6.07, 6.45) is 0. The van der Waals surface area contributed by atoms with Gasteiger partial charge in [-0.3, -0.25) is 10.1 Å². The number of hydrogen-bond donors (Lipinski definition) is 2. The number of nitro groups is 1. The largest absolute Gasteiger partial charge is 0.494 e. The minimum Gasteiger partial charge on any atom is -0.494 e. The lowest BCUT2D eigenvalue weighted by Gasteiger charge is -2.09. The molecule has 14 heteroatoms. The number of pyridine rings is 1. The Morgan fingerprint density at radius 3 is 1.88 bits per heavy atom. The highest BCUT2D eigenvalue weighted by Gasteiger charge is 2.16. The number of halogens is 2. The average molecular weight is 491 g/mol. The molecule has 0 amide bonds. The standard InChI is InChI=1S/C19H16Cl2N8O4/c1-32-15-8-14(27-28-18-10(20)5-9(29(30)31)6-11(18)21)16(33-2)7-13(15)26-25-12-3-4-17(22)24-19(12)23/h3-8H,1-2H3,(H4,22,23,24). The number of nitrogen functional groups attached to an aromatic ring is 2. The number of rotatable bonds is 7. The van der Waals surface area contributed by atoms with E-state index in [1.807, 2.05) is 0 Å². The Morgan fingerprint density at radius 1 is 0.879 bits per heavy atom. The first-order valence-corrected chi connectivity index (χ1v) is 9.74. The third-order valence-corrected chi connectivity index (χ3v) is 4.72. The topological polar surface area (TPSA) is 176 Å². The number of nitro benzene ring substituents is 1.